The largest absolute Gasteiger partial charge is 0.399 e. The number of benzene rings is 1. The minimum Gasteiger partial charge on any atom is -0.399 e. The van der Waals surface area contributed by atoms with Gasteiger partial charge in [0.25, 0.3) is 0 Å². The molecule has 0 fully saturated rings. The lowest BCUT2D eigenvalue weighted by Crippen LogP contribution is -2.28. The van der Waals surface area contributed by atoms with Gasteiger partial charge in [0.05, 0.1) is 0 Å². The summed E-state index contributed by atoms with van der Waals surface area (Å²) < 4.78 is 0. The molecule has 0 bridgehead atoms. The summed E-state index contributed by atoms with van der Waals surface area (Å²) in [5, 5.41) is 2.62. The number of nitrogens with zero attached hydrogens (tertiary/aromatic N) is 1. The van der Waals surface area contributed by atoms with Gasteiger partial charge in [-0.05, 0) is 31.7 Å². The van der Waals surface area contributed by atoms with Crippen LogP contribution in [0.1, 0.15) is 24.9 Å². The van der Waals surface area contributed by atoms with Gasteiger partial charge in [-0.15, -0.1) is 0 Å². The number of nitrogen functional groups attached to an aromatic ring is 1. The van der Waals surface area contributed by atoms with Crippen molar-refractivity contribution in [2.45, 2.75) is 19.4 Å². The summed E-state index contributed by atoms with van der Waals surface area (Å²) in [6.45, 7) is 2.84. The molecule has 1 aromatic carbocycles. The number of anilines is 1. The smallest absolute Gasteiger partial charge is 0.221 e. The number of amides is 1. The predicted octanol–water partition coefficient (Wildman–Crippen LogP) is 1.40. The molecule has 0 spiro atoms. The van der Waals surface area contributed by atoms with Crippen LogP contribution in [0.4, 0.5) is 5.69 Å². The molecule has 1 unspecified atom stereocenters. The van der Waals surface area contributed by atoms with E-state index in [1.54, 1.807) is 7.05 Å². The molecule has 0 aromatic heterocycles. The zero-order valence-corrected chi connectivity index (χ0v) is 10.7. The zero-order chi connectivity index (χ0) is 12.8. The molecule has 0 aliphatic heterocycles. The number of hydrogen-bond donors (Lipinski definition) is 2. The Morgan fingerprint density at radius 3 is 2.82 bits per heavy atom. The highest BCUT2D eigenvalue weighted by Gasteiger charge is 2.12. The van der Waals surface area contributed by atoms with Gasteiger partial charge in [0.2, 0.25) is 5.91 Å². The Labute approximate surface area is 103 Å². The van der Waals surface area contributed by atoms with Crippen LogP contribution in [0.5, 0.6) is 0 Å². The average molecular weight is 235 g/mol. The molecule has 94 valence electrons. The van der Waals surface area contributed by atoms with Crippen LogP contribution in [0.2, 0.25) is 0 Å². The maximum absolute atomic E-state index is 11.2. The van der Waals surface area contributed by atoms with E-state index in [0.29, 0.717) is 6.42 Å². The normalized spacial score (nSPS) is 12.5. The molecular weight excluding hydrogens is 214 g/mol. The van der Waals surface area contributed by atoms with Gasteiger partial charge in [-0.25, -0.2) is 0 Å². The summed E-state index contributed by atoms with van der Waals surface area (Å²) in [5.41, 5.74) is 7.70. The van der Waals surface area contributed by atoms with E-state index in [-0.39, 0.29) is 11.9 Å². The van der Waals surface area contributed by atoms with Crippen molar-refractivity contribution in [2.24, 2.45) is 0 Å². The first kappa shape index (κ1) is 13.5. The molecule has 1 rings (SSSR count). The maximum atomic E-state index is 11.2. The number of nitrogens with one attached hydrogen (secondary N) is 1. The average Bonchev–Trinajstić information content (AvgIpc) is 2.34. The lowest BCUT2D eigenvalue weighted by Gasteiger charge is -2.24. The predicted molar refractivity (Wildman–Crippen MR) is 70.6 cm³/mol. The van der Waals surface area contributed by atoms with Gasteiger partial charge in [-0.2, -0.15) is 0 Å². The molecule has 1 aromatic rings. The molecule has 3 N–H and O–H groups in total. The van der Waals surface area contributed by atoms with Crippen LogP contribution in [-0.4, -0.2) is 31.4 Å². The summed E-state index contributed by atoms with van der Waals surface area (Å²) in [6.07, 6.45) is 0.514. The van der Waals surface area contributed by atoms with E-state index in [1.165, 1.54) is 5.56 Å². The van der Waals surface area contributed by atoms with Crippen molar-refractivity contribution in [3.63, 3.8) is 0 Å². The molecule has 0 saturated heterocycles. The van der Waals surface area contributed by atoms with Gasteiger partial charge in [0.15, 0.2) is 0 Å². The topological polar surface area (TPSA) is 58.4 Å². The van der Waals surface area contributed by atoms with E-state index in [0.717, 1.165) is 12.2 Å². The van der Waals surface area contributed by atoms with Gasteiger partial charge in [-0.1, -0.05) is 12.1 Å². The molecule has 0 aliphatic rings. The van der Waals surface area contributed by atoms with Gasteiger partial charge in [-0.3, -0.25) is 9.69 Å². The third kappa shape index (κ3) is 4.07. The lowest BCUT2D eigenvalue weighted by molar-refractivity contribution is -0.120. The second-order valence-corrected chi connectivity index (χ2v) is 4.25. The quantitative estimate of drug-likeness (QED) is 0.758. The standard InChI is InChI=1S/C13H21N3O/c1-10(11-5-4-6-12(14)9-11)16(3)8-7-13(17)15-2/h4-6,9-10H,7-8,14H2,1-3H3,(H,15,17). The number of rotatable bonds is 5. The summed E-state index contributed by atoms with van der Waals surface area (Å²) in [5.74, 6) is 0.0663. The van der Waals surface area contributed by atoms with E-state index in [2.05, 4.69) is 23.2 Å². The van der Waals surface area contributed by atoms with Crippen LogP contribution in [0.25, 0.3) is 0 Å². The molecule has 4 heteroatoms. The third-order valence-electron chi connectivity index (χ3n) is 3.02. The Balaban J connectivity index is 2.57. The Morgan fingerprint density at radius 2 is 2.24 bits per heavy atom. The van der Waals surface area contributed by atoms with Crippen molar-refractivity contribution in [2.75, 3.05) is 26.4 Å². The molecule has 0 radical (unpaired) electrons. The fourth-order valence-electron chi connectivity index (χ4n) is 1.67. The summed E-state index contributed by atoms with van der Waals surface area (Å²) in [7, 11) is 3.67. The van der Waals surface area contributed by atoms with Gasteiger partial charge in [0, 0.05) is 31.7 Å². The van der Waals surface area contributed by atoms with E-state index >= 15 is 0 Å². The van der Waals surface area contributed by atoms with E-state index in [9.17, 15) is 4.79 Å². The van der Waals surface area contributed by atoms with Crippen LogP contribution in [0.15, 0.2) is 24.3 Å². The highest BCUT2D eigenvalue weighted by atomic mass is 16.1. The van der Waals surface area contributed by atoms with E-state index in [1.807, 2.05) is 25.2 Å². The molecular formula is C13H21N3O. The second kappa shape index (κ2) is 6.25. The number of hydrogen-bond acceptors (Lipinski definition) is 3. The van der Waals surface area contributed by atoms with E-state index in [4.69, 9.17) is 5.73 Å². The van der Waals surface area contributed by atoms with Crippen LogP contribution < -0.4 is 11.1 Å². The Morgan fingerprint density at radius 1 is 1.53 bits per heavy atom. The molecule has 4 nitrogen and oxygen atoms in total. The molecule has 0 saturated carbocycles. The lowest BCUT2D eigenvalue weighted by atomic mass is 10.1. The summed E-state index contributed by atoms with van der Waals surface area (Å²) in [4.78, 5) is 13.3. The van der Waals surface area contributed by atoms with Crippen molar-refractivity contribution >= 4 is 11.6 Å². The van der Waals surface area contributed by atoms with Crippen molar-refractivity contribution in [1.29, 1.82) is 0 Å². The first-order valence-electron chi connectivity index (χ1n) is 5.81. The first-order chi connectivity index (χ1) is 8.04. The Bertz CT molecular complexity index is 379. The fraction of sp³-hybridized carbons (Fsp3) is 0.462. The monoisotopic (exact) mass is 235 g/mol. The number of carbonyl (C=O) groups excluding carboxylic acids is 1. The molecule has 0 heterocycles. The maximum Gasteiger partial charge on any atom is 0.221 e. The minimum absolute atomic E-state index is 0.0663. The van der Waals surface area contributed by atoms with Crippen LogP contribution in [0, 0.1) is 0 Å². The van der Waals surface area contributed by atoms with Crippen LogP contribution in [0.3, 0.4) is 0 Å². The fourth-order valence-corrected chi connectivity index (χ4v) is 1.67. The zero-order valence-electron chi connectivity index (χ0n) is 10.7. The molecule has 1 atom stereocenters. The second-order valence-electron chi connectivity index (χ2n) is 4.25. The third-order valence-corrected chi connectivity index (χ3v) is 3.02. The van der Waals surface area contributed by atoms with Crippen molar-refractivity contribution in [3.05, 3.63) is 29.8 Å². The van der Waals surface area contributed by atoms with Gasteiger partial charge < -0.3 is 11.1 Å². The van der Waals surface area contributed by atoms with Crippen LogP contribution >= 0.6 is 0 Å². The van der Waals surface area contributed by atoms with Crippen molar-refractivity contribution < 1.29 is 4.79 Å². The number of nitrogens with two attached hydrogens (primary N) is 1. The van der Waals surface area contributed by atoms with Gasteiger partial charge in [0.1, 0.15) is 0 Å². The summed E-state index contributed by atoms with van der Waals surface area (Å²) >= 11 is 0. The van der Waals surface area contributed by atoms with Crippen molar-refractivity contribution in [3.8, 4) is 0 Å². The SMILES string of the molecule is CNC(=O)CCN(C)C(C)c1cccc(N)c1. The number of carbonyl (C=O) groups is 1. The molecule has 0 aliphatic carbocycles. The van der Waals surface area contributed by atoms with Crippen molar-refractivity contribution in [1.82, 2.24) is 10.2 Å². The van der Waals surface area contributed by atoms with Gasteiger partial charge >= 0.3 is 0 Å². The molecule has 17 heavy (non-hydrogen) atoms. The Hall–Kier alpha value is -1.55. The highest BCUT2D eigenvalue weighted by Crippen LogP contribution is 2.20. The van der Waals surface area contributed by atoms with Crippen LogP contribution in [-0.2, 0) is 4.79 Å². The minimum atomic E-state index is 0.0663. The Kier molecular flexibility index (Phi) is 4.97. The summed E-state index contributed by atoms with van der Waals surface area (Å²) in [6, 6.07) is 8.11. The first-order valence-corrected chi connectivity index (χ1v) is 5.81. The highest BCUT2D eigenvalue weighted by molar-refractivity contribution is 5.75. The molecule has 1 amide bonds. The van der Waals surface area contributed by atoms with E-state index < -0.39 is 0 Å².